The van der Waals surface area contributed by atoms with Crippen molar-refractivity contribution >= 4 is 5.65 Å². The predicted molar refractivity (Wildman–Crippen MR) is 98.5 cm³/mol. The van der Waals surface area contributed by atoms with Crippen LogP contribution in [0.15, 0.2) is 73.1 Å². The molecule has 0 aliphatic heterocycles. The highest BCUT2D eigenvalue weighted by Gasteiger charge is 2.08. The highest BCUT2D eigenvalue weighted by Crippen LogP contribution is 2.26. The number of aromatic nitrogens is 2. The van der Waals surface area contributed by atoms with Crippen molar-refractivity contribution in [3.05, 3.63) is 78.6 Å². The van der Waals surface area contributed by atoms with Gasteiger partial charge in [0.15, 0.2) is 0 Å². The van der Waals surface area contributed by atoms with Crippen molar-refractivity contribution in [1.82, 2.24) is 9.38 Å². The summed E-state index contributed by atoms with van der Waals surface area (Å²) in [5.41, 5.74) is 5.84. The molecule has 0 saturated carbocycles. The van der Waals surface area contributed by atoms with Crippen molar-refractivity contribution in [2.75, 3.05) is 7.11 Å². The molecule has 4 aromatic rings. The fraction of sp³-hybridized carbons (Fsp3) is 0.0952. The van der Waals surface area contributed by atoms with E-state index in [1.807, 2.05) is 53.2 Å². The summed E-state index contributed by atoms with van der Waals surface area (Å²) in [5.74, 6) is 0.852. The minimum atomic E-state index is -0.0167. The van der Waals surface area contributed by atoms with Crippen LogP contribution < -0.4 is 4.74 Å². The van der Waals surface area contributed by atoms with E-state index in [0.29, 0.717) is 0 Å². The summed E-state index contributed by atoms with van der Waals surface area (Å²) in [6, 6.07) is 20.1. The third kappa shape index (κ3) is 2.88. The van der Waals surface area contributed by atoms with Crippen LogP contribution >= 0.6 is 0 Å². The summed E-state index contributed by atoms with van der Waals surface area (Å²) in [6.45, 7) is -0.0167. The highest BCUT2D eigenvalue weighted by atomic mass is 16.5. The summed E-state index contributed by atoms with van der Waals surface area (Å²) in [6.07, 6.45) is 3.92. The van der Waals surface area contributed by atoms with Crippen molar-refractivity contribution in [2.24, 2.45) is 0 Å². The summed E-state index contributed by atoms with van der Waals surface area (Å²) < 4.78 is 7.14. The lowest BCUT2D eigenvalue weighted by atomic mass is 10.0. The van der Waals surface area contributed by atoms with Crippen LogP contribution in [0.4, 0.5) is 0 Å². The molecule has 0 saturated heterocycles. The molecule has 2 heterocycles. The molecule has 0 spiro atoms. The van der Waals surface area contributed by atoms with Gasteiger partial charge in [0.1, 0.15) is 11.4 Å². The number of pyridine rings is 1. The Kier molecular flexibility index (Phi) is 3.96. The fourth-order valence-corrected chi connectivity index (χ4v) is 2.95. The Morgan fingerprint density at radius 1 is 0.920 bits per heavy atom. The minimum absolute atomic E-state index is 0.0167. The highest BCUT2D eigenvalue weighted by molar-refractivity contribution is 5.70. The monoisotopic (exact) mass is 330 g/mol. The summed E-state index contributed by atoms with van der Waals surface area (Å²) in [4.78, 5) is 4.67. The van der Waals surface area contributed by atoms with Crippen LogP contribution in [0, 0.1) is 0 Å². The number of imidazole rings is 1. The van der Waals surface area contributed by atoms with E-state index >= 15 is 0 Å². The lowest BCUT2D eigenvalue weighted by Gasteiger charge is -2.04. The van der Waals surface area contributed by atoms with Gasteiger partial charge in [0.05, 0.1) is 19.4 Å². The largest absolute Gasteiger partial charge is 0.497 e. The predicted octanol–water partition coefficient (Wildman–Crippen LogP) is 4.17. The SMILES string of the molecule is COc1ccc(-c2ccc(-c3cn4cccc(CO)c4n3)cc2)cc1. The van der Waals surface area contributed by atoms with E-state index in [2.05, 4.69) is 29.2 Å². The average Bonchev–Trinajstić information content (AvgIpc) is 3.12. The zero-order chi connectivity index (χ0) is 17.2. The number of fused-ring (bicyclic) bond motifs is 1. The van der Waals surface area contributed by atoms with E-state index in [4.69, 9.17) is 4.74 Å². The van der Waals surface area contributed by atoms with Crippen LogP contribution in [0.5, 0.6) is 5.75 Å². The summed E-state index contributed by atoms with van der Waals surface area (Å²) in [7, 11) is 1.67. The fourth-order valence-electron chi connectivity index (χ4n) is 2.95. The van der Waals surface area contributed by atoms with Gasteiger partial charge >= 0.3 is 0 Å². The first-order valence-electron chi connectivity index (χ1n) is 8.11. The Morgan fingerprint density at radius 2 is 1.56 bits per heavy atom. The van der Waals surface area contributed by atoms with Gasteiger partial charge in [0.2, 0.25) is 0 Å². The van der Waals surface area contributed by atoms with E-state index < -0.39 is 0 Å². The van der Waals surface area contributed by atoms with Crippen LogP contribution in [-0.4, -0.2) is 21.6 Å². The molecule has 4 rings (SSSR count). The van der Waals surface area contributed by atoms with E-state index in [9.17, 15) is 5.11 Å². The molecule has 0 aliphatic rings. The van der Waals surface area contributed by atoms with Crippen molar-refractivity contribution in [1.29, 1.82) is 0 Å². The van der Waals surface area contributed by atoms with Gasteiger partial charge in [-0.3, -0.25) is 0 Å². The van der Waals surface area contributed by atoms with Gasteiger partial charge in [-0.05, 0) is 29.3 Å². The van der Waals surface area contributed by atoms with Crippen molar-refractivity contribution < 1.29 is 9.84 Å². The number of hydrogen-bond acceptors (Lipinski definition) is 3. The number of rotatable bonds is 4. The molecule has 124 valence electrons. The van der Waals surface area contributed by atoms with Gasteiger partial charge in [-0.15, -0.1) is 0 Å². The van der Waals surface area contributed by atoms with Crippen molar-refractivity contribution in [2.45, 2.75) is 6.61 Å². The van der Waals surface area contributed by atoms with Gasteiger partial charge in [0, 0.05) is 23.5 Å². The molecule has 0 atom stereocenters. The third-order valence-electron chi connectivity index (χ3n) is 4.34. The second-order valence-electron chi connectivity index (χ2n) is 5.85. The first kappa shape index (κ1) is 15.4. The summed E-state index contributed by atoms with van der Waals surface area (Å²) >= 11 is 0. The molecule has 25 heavy (non-hydrogen) atoms. The molecular formula is C21H18N2O2. The zero-order valence-electron chi connectivity index (χ0n) is 13.9. The van der Waals surface area contributed by atoms with Gasteiger partial charge < -0.3 is 14.2 Å². The molecule has 0 fully saturated rings. The van der Waals surface area contributed by atoms with Crippen LogP contribution in [-0.2, 0) is 6.61 Å². The number of methoxy groups -OCH3 is 1. The Balaban J connectivity index is 1.67. The van der Waals surface area contributed by atoms with E-state index in [-0.39, 0.29) is 6.61 Å². The quantitative estimate of drug-likeness (QED) is 0.611. The van der Waals surface area contributed by atoms with Crippen LogP contribution in [0.3, 0.4) is 0 Å². The second-order valence-corrected chi connectivity index (χ2v) is 5.85. The second kappa shape index (κ2) is 6.42. The standard InChI is InChI=1S/C21H18N2O2/c1-25-19-10-8-16(9-11-19)15-4-6-17(7-5-15)20-13-23-12-2-3-18(14-24)21(23)22-20/h2-13,24H,14H2,1H3. The molecule has 4 nitrogen and oxygen atoms in total. The van der Waals surface area contributed by atoms with Gasteiger partial charge in [-0.25, -0.2) is 4.98 Å². The Hall–Kier alpha value is -3.11. The normalized spacial score (nSPS) is 11.0. The number of aliphatic hydroxyl groups excluding tert-OH is 1. The maximum Gasteiger partial charge on any atom is 0.142 e. The first-order chi connectivity index (χ1) is 12.3. The van der Waals surface area contributed by atoms with E-state index in [1.54, 1.807) is 7.11 Å². The molecule has 0 amide bonds. The molecule has 2 aromatic heterocycles. The van der Waals surface area contributed by atoms with E-state index in [0.717, 1.165) is 39.3 Å². The average molecular weight is 330 g/mol. The number of nitrogens with zero attached hydrogens (tertiary/aromatic N) is 2. The first-order valence-corrected chi connectivity index (χ1v) is 8.11. The van der Waals surface area contributed by atoms with Crippen LogP contribution in [0.2, 0.25) is 0 Å². The van der Waals surface area contributed by atoms with Gasteiger partial charge in [-0.1, -0.05) is 42.5 Å². The lowest BCUT2D eigenvalue weighted by Crippen LogP contribution is -1.90. The molecule has 4 heteroatoms. The number of hydrogen-bond donors (Lipinski definition) is 1. The Morgan fingerprint density at radius 3 is 2.20 bits per heavy atom. The molecule has 0 unspecified atom stereocenters. The molecule has 0 bridgehead atoms. The Bertz CT molecular complexity index is 1000. The molecule has 1 N–H and O–H groups in total. The van der Waals surface area contributed by atoms with Crippen LogP contribution in [0.25, 0.3) is 28.0 Å². The Labute approximate surface area is 146 Å². The van der Waals surface area contributed by atoms with E-state index in [1.165, 1.54) is 0 Å². The zero-order valence-corrected chi connectivity index (χ0v) is 13.9. The number of benzene rings is 2. The summed E-state index contributed by atoms with van der Waals surface area (Å²) in [5, 5.41) is 9.45. The number of ether oxygens (including phenoxy) is 1. The molecule has 0 radical (unpaired) electrons. The molecular weight excluding hydrogens is 312 g/mol. The van der Waals surface area contributed by atoms with Gasteiger partial charge in [-0.2, -0.15) is 0 Å². The minimum Gasteiger partial charge on any atom is -0.497 e. The topological polar surface area (TPSA) is 46.8 Å². The molecule has 2 aromatic carbocycles. The smallest absolute Gasteiger partial charge is 0.142 e. The van der Waals surface area contributed by atoms with Crippen LogP contribution in [0.1, 0.15) is 5.56 Å². The van der Waals surface area contributed by atoms with Crippen molar-refractivity contribution in [3.63, 3.8) is 0 Å². The van der Waals surface area contributed by atoms with Crippen molar-refractivity contribution in [3.8, 4) is 28.1 Å². The van der Waals surface area contributed by atoms with Gasteiger partial charge in [0.25, 0.3) is 0 Å². The third-order valence-corrected chi connectivity index (χ3v) is 4.34. The lowest BCUT2D eigenvalue weighted by molar-refractivity contribution is 0.282. The maximum atomic E-state index is 9.45. The maximum absolute atomic E-state index is 9.45. The number of aliphatic hydroxyl groups is 1. The molecule has 0 aliphatic carbocycles.